The highest BCUT2D eigenvalue weighted by Crippen LogP contribution is 2.26. The van der Waals surface area contributed by atoms with Crippen molar-refractivity contribution < 1.29 is 4.74 Å². The third-order valence-electron chi connectivity index (χ3n) is 3.35. The summed E-state index contributed by atoms with van der Waals surface area (Å²) in [5, 5.41) is 3.65. The molecule has 2 nitrogen and oxygen atoms in total. The topological polar surface area (TPSA) is 21.3 Å². The van der Waals surface area contributed by atoms with Gasteiger partial charge in [-0.15, -0.1) is 0 Å². The highest BCUT2D eigenvalue weighted by molar-refractivity contribution is 9.10. The molecular formula is C14H20BrNO. The second-order valence-electron chi connectivity index (χ2n) is 4.69. The second kappa shape index (κ2) is 5.98. The molecule has 1 atom stereocenters. The summed E-state index contributed by atoms with van der Waals surface area (Å²) in [6.07, 6.45) is 2.78. The molecule has 0 aliphatic heterocycles. The number of halogens is 1. The van der Waals surface area contributed by atoms with Crippen LogP contribution in [0.1, 0.15) is 38.3 Å². The molecule has 1 aliphatic carbocycles. The van der Waals surface area contributed by atoms with Crippen LogP contribution in [0.2, 0.25) is 0 Å². The Labute approximate surface area is 112 Å². The summed E-state index contributed by atoms with van der Waals surface area (Å²) >= 11 is 3.46. The first-order valence-electron chi connectivity index (χ1n) is 6.32. The van der Waals surface area contributed by atoms with Crippen molar-refractivity contribution >= 4 is 15.9 Å². The van der Waals surface area contributed by atoms with Gasteiger partial charge in [-0.05, 0) is 44.4 Å². The zero-order valence-electron chi connectivity index (χ0n) is 10.4. The Hall–Kier alpha value is -0.380. The first-order valence-corrected chi connectivity index (χ1v) is 7.11. The van der Waals surface area contributed by atoms with Crippen LogP contribution in [0.5, 0.6) is 0 Å². The first-order chi connectivity index (χ1) is 8.19. The van der Waals surface area contributed by atoms with Crippen molar-refractivity contribution in [2.45, 2.75) is 44.9 Å². The van der Waals surface area contributed by atoms with Crippen LogP contribution < -0.4 is 5.32 Å². The summed E-state index contributed by atoms with van der Waals surface area (Å²) < 4.78 is 6.70. The lowest BCUT2D eigenvalue weighted by Gasteiger charge is -2.37. The number of benzene rings is 1. The van der Waals surface area contributed by atoms with Gasteiger partial charge in [-0.2, -0.15) is 0 Å². The van der Waals surface area contributed by atoms with Crippen LogP contribution in [-0.2, 0) is 4.74 Å². The van der Waals surface area contributed by atoms with E-state index >= 15 is 0 Å². The first kappa shape index (κ1) is 13.1. The van der Waals surface area contributed by atoms with Gasteiger partial charge in [0.05, 0.1) is 6.10 Å². The highest BCUT2D eigenvalue weighted by Gasteiger charge is 2.30. The molecule has 1 saturated carbocycles. The molecule has 0 radical (unpaired) electrons. The average Bonchev–Trinajstić information content (AvgIpc) is 2.27. The molecular weight excluding hydrogens is 278 g/mol. The van der Waals surface area contributed by atoms with Gasteiger partial charge >= 0.3 is 0 Å². The molecule has 0 bridgehead atoms. The van der Waals surface area contributed by atoms with E-state index < -0.39 is 0 Å². The van der Waals surface area contributed by atoms with Gasteiger partial charge in [-0.3, -0.25) is 0 Å². The van der Waals surface area contributed by atoms with E-state index in [0.29, 0.717) is 18.2 Å². The lowest BCUT2D eigenvalue weighted by molar-refractivity contribution is -0.0120. The minimum atomic E-state index is 0.413. The maximum absolute atomic E-state index is 5.56. The van der Waals surface area contributed by atoms with Crippen molar-refractivity contribution in [3.05, 3.63) is 34.3 Å². The summed E-state index contributed by atoms with van der Waals surface area (Å²) in [5.41, 5.74) is 1.34. The molecule has 1 N–H and O–H groups in total. The Morgan fingerprint density at radius 1 is 1.35 bits per heavy atom. The summed E-state index contributed by atoms with van der Waals surface area (Å²) in [7, 11) is 0. The lowest BCUT2D eigenvalue weighted by Crippen LogP contribution is -2.46. The molecule has 3 heteroatoms. The predicted molar refractivity (Wildman–Crippen MR) is 74.1 cm³/mol. The largest absolute Gasteiger partial charge is 0.378 e. The quantitative estimate of drug-likeness (QED) is 0.895. The molecule has 2 rings (SSSR count). The Bertz CT molecular complexity index is 346. The van der Waals surface area contributed by atoms with Gasteiger partial charge in [0.25, 0.3) is 0 Å². The van der Waals surface area contributed by atoms with E-state index in [4.69, 9.17) is 4.74 Å². The second-order valence-corrected chi connectivity index (χ2v) is 5.60. The summed E-state index contributed by atoms with van der Waals surface area (Å²) in [6.45, 7) is 5.11. The van der Waals surface area contributed by atoms with Crippen LogP contribution in [0.4, 0.5) is 0 Å². The zero-order valence-corrected chi connectivity index (χ0v) is 12.0. The van der Waals surface area contributed by atoms with Gasteiger partial charge in [-0.25, -0.2) is 0 Å². The fraction of sp³-hybridized carbons (Fsp3) is 0.571. The third kappa shape index (κ3) is 3.54. The number of rotatable bonds is 5. The molecule has 0 aromatic heterocycles. The molecule has 1 aliphatic rings. The maximum Gasteiger partial charge on any atom is 0.0604 e. The summed E-state index contributed by atoms with van der Waals surface area (Å²) in [4.78, 5) is 0. The van der Waals surface area contributed by atoms with E-state index in [1.54, 1.807) is 0 Å². The molecule has 17 heavy (non-hydrogen) atoms. The van der Waals surface area contributed by atoms with E-state index in [2.05, 4.69) is 59.4 Å². The van der Waals surface area contributed by atoms with Gasteiger partial charge < -0.3 is 10.1 Å². The SMILES string of the molecule is CCOC1CC(N[C@@H](C)c2ccc(Br)cc2)C1. The third-order valence-corrected chi connectivity index (χ3v) is 3.88. The van der Waals surface area contributed by atoms with Crippen LogP contribution in [0.25, 0.3) is 0 Å². The Kier molecular flexibility index (Phi) is 4.60. The summed E-state index contributed by atoms with van der Waals surface area (Å²) in [6, 6.07) is 9.55. The zero-order chi connectivity index (χ0) is 12.3. The van der Waals surface area contributed by atoms with Crippen molar-refractivity contribution in [3.63, 3.8) is 0 Å². The van der Waals surface area contributed by atoms with Crippen LogP contribution in [-0.4, -0.2) is 18.8 Å². The van der Waals surface area contributed by atoms with E-state index in [1.807, 2.05) is 0 Å². The highest BCUT2D eigenvalue weighted by atomic mass is 79.9. The molecule has 0 heterocycles. The van der Waals surface area contributed by atoms with Gasteiger partial charge in [-0.1, -0.05) is 28.1 Å². The monoisotopic (exact) mass is 297 g/mol. The van der Waals surface area contributed by atoms with E-state index in [1.165, 1.54) is 5.56 Å². The normalized spacial score (nSPS) is 25.4. The smallest absolute Gasteiger partial charge is 0.0604 e. The molecule has 0 spiro atoms. The van der Waals surface area contributed by atoms with Crippen LogP contribution in [0.3, 0.4) is 0 Å². The summed E-state index contributed by atoms with van der Waals surface area (Å²) in [5.74, 6) is 0. The predicted octanol–water partition coefficient (Wildman–Crippen LogP) is 3.67. The van der Waals surface area contributed by atoms with Gasteiger partial charge in [0.15, 0.2) is 0 Å². The fourth-order valence-corrected chi connectivity index (χ4v) is 2.54. The molecule has 0 amide bonds. The van der Waals surface area contributed by atoms with Crippen molar-refractivity contribution in [1.82, 2.24) is 5.32 Å². The minimum absolute atomic E-state index is 0.413. The number of hydrogen-bond donors (Lipinski definition) is 1. The van der Waals surface area contributed by atoms with E-state index in [9.17, 15) is 0 Å². The maximum atomic E-state index is 5.56. The Morgan fingerprint density at radius 3 is 2.59 bits per heavy atom. The molecule has 0 saturated heterocycles. The number of ether oxygens (including phenoxy) is 1. The molecule has 0 unspecified atom stereocenters. The molecule has 94 valence electrons. The molecule has 1 fully saturated rings. The molecule has 1 aromatic rings. The van der Waals surface area contributed by atoms with Gasteiger partial charge in [0.2, 0.25) is 0 Å². The standard InChI is InChI=1S/C14H20BrNO/c1-3-17-14-8-13(9-14)16-10(2)11-4-6-12(15)7-5-11/h4-7,10,13-14,16H,3,8-9H2,1-2H3/t10-,13?,14?/m0/s1. The number of nitrogens with one attached hydrogen (secondary N) is 1. The van der Waals surface area contributed by atoms with Crippen LogP contribution in [0.15, 0.2) is 28.7 Å². The van der Waals surface area contributed by atoms with E-state index in [-0.39, 0.29) is 0 Å². The minimum Gasteiger partial charge on any atom is -0.378 e. The van der Waals surface area contributed by atoms with E-state index in [0.717, 1.165) is 23.9 Å². The lowest BCUT2D eigenvalue weighted by atomic mass is 9.88. The van der Waals surface area contributed by atoms with Gasteiger partial charge in [0, 0.05) is 23.2 Å². The van der Waals surface area contributed by atoms with Crippen LogP contribution >= 0.6 is 15.9 Å². The Balaban J connectivity index is 1.78. The van der Waals surface area contributed by atoms with Crippen molar-refractivity contribution in [2.75, 3.05) is 6.61 Å². The Morgan fingerprint density at radius 2 is 2.00 bits per heavy atom. The van der Waals surface area contributed by atoms with Gasteiger partial charge in [0.1, 0.15) is 0 Å². The number of hydrogen-bond acceptors (Lipinski definition) is 2. The fourth-order valence-electron chi connectivity index (χ4n) is 2.27. The van der Waals surface area contributed by atoms with Crippen LogP contribution in [0, 0.1) is 0 Å². The van der Waals surface area contributed by atoms with Crippen molar-refractivity contribution in [3.8, 4) is 0 Å². The van der Waals surface area contributed by atoms with Crippen molar-refractivity contribution in [2.24, 2.45) is 0 Å². The van der Waals surface area contributed by atoms with Crippen molar-refractivity contribution in [1.29, 1.82) is 0 Å². The average molecular weight is 298 g/mol. The molecule has 1 aromatic carbocycles.